The van der Waals surface area contributed by atoms with Crippen LogP contribution in [0.15, 0.2) is 54.6 Å². The van der Waals surface area contributed by atoms with E-state index < -0.39 is 11.6 Å². The van der Waals surface area contributed by atoms with Gasteiger partial charge in [0.2, 0.25) is 0 Å². The summed E-state index contributed by atoms with van der Waals surface area (Å²) in [5, 5.41) is 2.79. The first-order valence-electron chi connectivity index (χ1n) is 8.61. The molecule has 1 fully saturated rings. The molecule has 1 N–H and O–H groups in total. The molecule has 0 unspecified atom stereocenters. The molecule has 1 saturated heterocycles. The Kier molecular flexibility index (Phi) is 4.48. The van der Waals surface area contributed by atoms with Crippen molar-refractivity contribution < 1.29 is 8.78 Å². The van der Waals surface area contributed by atoms with Crippen LogP contribution in [0.4, 0.5) is 26.1 Å². The number of rotatable bonds is 4. The normalized spacial score (nSPS) is 13.8. The second kappa shape index (κ2) is 7.07. The second-order valence-electron chi connectivity index (χ2n) is 6.22. The largest absolute Gasteiger partial charge is 0.356 e. The summed E-state index contributed by atoms with van der Waals surface area (Å²) in [6.07, 6.45) is 2.21. The Morgan fingerprint density at radius 1 is 0.846 bits per heavy atom. The molecule has 0 amide bonds. The van der Waals surface area contributed by atoms with E-state index in [2.05, 4.69) is 20.2 Å². The van der Waals surface area contributed by atoms with Gasteiger partial charge in [-0.15, -0.1) is 0 Å². The fourth-order valence-electron chi connectivity index (χ4n) is 3.07. The summed E-state index contributed by atoms with van der Waals surface area (Å²) >= 11 is 0. The maximum Gasteiger partial charge on any atom is 0.163 e. The molecule has 2 aromatic carbocycles. The van der Waals surface area contributed by atoms with E-state index in [1.54, 1.807) is 6.07 Å². The molecule has 6 heteroatoms. The van der Waals surface area contributed by atoms with Gasteiger partial charge >= 0.3 is 0 Å². The van der Waals surface area contributed by atoms with Crippen molar-refractivity contribution in [3.63, 3.8) is 0 Å². The van der Waals surface area contributed by atoms with Crippen molar-refractivity contribution in [2.24, 2.45) is 0 Å². The maximum absolute atomic E-state index is 14.0. The third-order valence-corrected chi connectivity index (χ3v) is 4.39. The van der Waals surface area contributed by atoms with Gasteiger partial charge < -0.3 is 10.2 Å². The van der Waals surface area contributed by atoms with Crippen LogP contribution >= 0.6 is 0 Å². The van der Waals surface area contributed by atoms with Crippen LogP contribution in [0.2, 0.25) is 0 Å². The van der Waals surface area contributed by atoms with Crippen LogP contribution in [0.1, 0.15) is 12.8 Å². The molecule has 1 aliphatic rings. The Morgan fingerprint density at radius 3 is 2.23 bits per heavy atom. The third-order valence-electron chi connectivity index (χ3n) is 4.39. The number of hydrogen-bond donors (Lipinski definition) is 1. The van der Waals surface area contributed by atoms with Crippen LogP contribution < -0.4 is 10.2 Å². The number of benzene rings is 2. The van der Waals surface area contributed by atoms with Crippen molar-refractivity contribution in [1.29, 1.82) is 0 Å². The zero-order valence-corrected chi connectivity index (χ0v) is 14.1. The van der Waals surface area contributed by atoms with Gasteiger partial charge in [-0.2, -0.15) is 0 Å². The monoisotopic (exact) mass is 352 g/mol. The summed E-state index contributed by atoms with van der Waals surface area (Å²) in [5.41, 5.74) is 0.642. The first kappa shape index (κ1) is 16.4. The van der Waals surface area contributed by atoms with E-state index in [4.69, 9.17) is 0 Å². The molecule has 1 aliphatic heterocycles. The lowest BCUT2D eigenvalue weighted by Crippen LogP contribution is -2.19. The summed E-state index contributed by atoms with van der Waals surface area (Å²) in [6.45, 7) is 1.83. The fourth-order valence-corrected chi connectivity index (χ4v) is 3.07. The van der Waals surface area contributed by atoms with Crippen molar-refractivity contribution in [3.8, 4) is 11.4 Å². The highest BCUT2D eigenvalue weighted by Crippen LogP contribution is 2.28. The van der Waals surface area contributed by atoms with E-state index in [1.165, 1.54) is 18.2 Å². The van der Waals surface area contributed by atoms with Crippen LogP contribution in [0, 0.1) is 11.6 Å². The van der Waals surface area contributed by atoms with Crippen molar-refractivity contribution >= 4 is 17.3 Å². The summed E-state index contributed by atoms with van der Waals surface area (Å²) in [4.78, 5) is 11.3. The number of para-hydroxylation sites is 1. The van der Waals surface area contributed by atoms with Crippen LogP contribution in [0.25, 0.3) is 11.4 Å². The first-order chi connectivity index (χ1) is 12.7. The van der Waals surface area contributed by atoms with Gasteiger partial charge in [0.15, 0.2) is 5.82 Å². The topological polar surface area (TPSA) is 41.0 Å². The van der Waals surface area contributed by atoms with Gasteiger partial charge in [-0.25, -0.2) is 18.7 Å². The Hall–Kier alpha value is -3.02. The molecule has 3 aromatic rings. The molecule has 0 spiro atoms. The molecule has 0 atom stereocenters. The predicted octanol–water partition coefficient (Wildman–Crippen LogP) is 4.77. The quantitative estimate of drug-likeness (QED) is 0.735. The first-order valence-corrected chi connectivity index (χ1v) is 8.61. The maximum atomic E-state index is 14.0. The zero-order chi connectivity index (χ0) is 17.9. The van der Waals surface area contributed by atoms with E-state index in [0.29, 0.717) is 11.6 Å². The van der Waals surface area contributed by atoms with E-state index in [9.17, 15) is 8.78 Å². The number of halogens is 2. The SMILES string of the molecule is Fc1cccc(F)c1Nc1cc(N2CCCC2)nc(-c2ccccc2)n1. The average Bonchev–Trinajstić information content (AvgIpc) is 3.20. The van der Waals surface area contributed by atoms with E-state index in [-0.39, 0.29) is 5.69 Å². The van der Waals surface area contributed by atoms with Gasteiger partial charge in [0.05, 0.1) is 0 Å². The standard InChI is InChI=1S/C20H18F2N4/c21-15-9-6-10-16(22)19(15)23-17-13-18(26-11-4-5-12-26)25-20(24-17)14-7-2-1-3-8-14/h1-3,6-10,13H,4-5,11-12H2,(H,23,24,25). The molecule has 0 aliphatic carbocycles. The predicted molar refractivity (Wildman–Crippen MR) is 98.6 cm³/mol. The number of nitrogens with one attached hydrogen (secondary N) is 1. The lowest BCUT2D eigenvalue weighted by molar-refractivity contribution is 0.590. The summed E-state index contributed by atoms with van der Waals surface area (Å²) in [5.74, 6) is 0.329. The zero-order valence-electron chi connectivity index (χ0n) is 14.1. The summed E-state index contributed by atoms with van der Waals surface area (Å²) in [7, 11) is 0. The lowest BCUT2D eigenvalue weighted by Gasteiger charge is -2.18. The number of nitrogens with zero attached hydrogens (tertiary/aromatic N) is 3. The van der Waals surface area contributed by atoms with Crippen LogP contribution in [0.3, 0.4) is 0 Å². The lowest BCUT2D eigenvalue weighted by atomic mass is 10.2. The Bertz CT molecular complexity index is 889. The molecule has 0 radical (unpaired) electrons. The van der Waals surface area contributed by atoms with Crippen molar-refractivity contribution in [2.45, 2.75) is 12.8 Å². The molecular formula is C20H18F2N4. The van der Waals surface area contributed by atoms with Gasteiger partial charge in [-0.05, 0) is 25.0 Å². The van der Waals surface area contributed by atoms with Crippen LogP contribution in [0.5, 0.6) is 0 Å². The van der Waals surface area contributed by atoms with Crippen molar-refractivity contribution in [3.05, 3.63) is 66.2 Å². The molecule has 1 aromatic heterocycles. The number of aromatic nitrogens is 2. The smallest absolute Gasteiger partial charge is 0.163 e. The van der Waals surface area contributed by atoms with Crippen molar-refractivity contribution in [1.82, 2.24) is 9.97 Å². The van der Waals surface area contributed by atoms with E-state index >= 15 is 0 Å². The Morgan fingerprint density at radius 2 is 1.54 bits per heavy atom. The molecule has 0 bridgehead atoms. The molecular weight excluding hydrogens is 334 g/mol. The molecule has 2 heterocycles. The third kappa shape index (κ3) is 3.35. The second-order valence-corrected chi connectivity index (χ2v) is 6.22. The van der Waals surface area contributed by atoms with Gasteiger partial charge in [-0.3, -0.25) is 0 Å². The highest BCUT2D eigenvalue weighted by atomic mass is 19.1. The highest BCUT2D eigenvalue weighted by Gasteiger charge is 2.18. The van der Waals surface area contributed by atoms with Crippen LogP contribution in [-0.2, 0) is 0 Å². The minimum atomic E-state index is -0.660. The van der Waals surface area contributed by atoms with Crippen molar-refractivity contribution in [2.75, 3.05) is 23.3 Å². The van der Waals surface area contributed by atoms with E-state index in [0.717, 1.165) is 37.3 Å². The highest BCUT2D eigenvalue weighted by molar-refractivity contribution is 5.66. The molecule has 4 rings (SSSR count). The summed E-state index contributed by atoms with van der Waals surface area (Å²) < 4.78 is 28.0. The number of anilines is 3. The van der Waals surface area contributed by atoms with Gasteiger partial charge in [0.1, 0.15) is 29.0 Å². The molecule has 0 saturated carbocycles. The van der Waals surface area contributed by atoms with Crippen LogP contribution in [-0.4, -0.2) is 23.1 Å². The molecule has 4 nitrogen and oxygen atoms in total. The minimum absolute atomic E-state index is 0.211. The van der Waals surface area contributed by atoms with Gasteiger partial charge in [-0.1, -0.05) is 36.4 Å². The van der Waals surface area contributed by atoms with Gasteiger partial charge in [0.25, 0.3) is 0 Å². The fraction of sp³-hybridized carbons (Fsp3) is 0.200. The van der Waals surface area contributed by atoms with E-state index in [1.807, 2.05) is 30.3 Å². The Balaban J connectivity index is 1.77. The number of hydrogen-bond acceptors (Lipinski definition) is 4. The summed E-state index contributed by atoms with van der Waals surface area (Å²) in [6, 6.07) is 15.1. The molecule has 26 heavy (non-hydrogen) atoms. The Labute approximate surface area is 150 Å². The minimum Gasteiger partial charge on any atom is -0.356 e. The molecule has 132 valence electrons. The average molecular weight is 352 g/mol. The van der Waals surface area contributed by atoms with Gasteiger partial charge in [0, 0.05) is 24.7 Å².